The van der Waals surface area contributed by atoms with Crippen molar-refractivity contribution >= 4 is 207 Å². The van der Waals surface area contributed by atoms with Crippen molar-refractivity contribution in [2.45, 2.75) is 82.1 Å². The number of carboxylic acids is 1. The zero-order valence-electron chi connectivity index (χ0n) is 51.8. The van der Waals surface area contributed by atoms with Gasteiger partial charge in [0.25, 0.3) is 5.24 Å². The number of halogens is 15. The van der Waals surface area contributed by atoms with Gasteiger partial charge < -0.3 is 39.4 Å². The third-order valence-electron chi connectivity index (χ3n) is 8.87. The number of nitrogen functional groups attached to an aromatic ring is 1. The third-order valence-corrected chi connectivity index (χ3v) is 15.5. The Balaban J connectivity index is -0.000000128. The molecule has 0 aliphatic heterocycles. The standard InChI is InChI=1S/C10H10ClFO2S.C10H10FNOS.C10H11FO3S.C9H9FOS.C8H5F3N2.C6H5FS.C3H5BrO.CN.Cl2OS.I2.HI.K.Na.H/c1-10(14,9(11)13)6-15-8-4-2-7(12)3-5-8;1-10(13,6-12)7-14-9-4-2-8(11)3-5-9;1-10(14,9(12)13)6-15-8-4-2-7(11)3-5-8;1-7(11)6-12-9-4-2-8(10)3-5-9;9-8(10,11)7-3-6(13)2-1-5(7)4-12;7-5-1-3-6(8)4-2-5;1-3(5)2-4;1-2;1-4(2)3;1-2;;;;/h2-5,14H,6H2,1H3;2-5,13H,7H2,1H3;2-5,14H,6H2,1H3,(H,12,13);2-5H,6H2,1H3;1-3H,13H2;1-4,8H;2H2,1H3;;;;1H;;;/q;;;;;;;-1;;;;2*+1;-1/p+1. The summed E-state index contributed by atoms with van der Waals surface area (Å²) in [6.07, 6.45) is -4.53. The van der Waals surface area contributed by atoms with E-state index in [2.05, 4.69) is 87.2 Å². The molecule has 13 nitrogen and oxygen atoms in total. The Morgan fingerprint density at radius 1 is 0.656 bits per heavy atom. The molecule has 3 unspecified atom stereocenters. The Hall–Kier alpha value is -0.534. The van der Waals surface area contributed by atoms with Crippen LogP contribution >= 0.6 is 170 Å². The van der Waals surface area contributed by atoms with E-state index in [0.717, 1.165) is 36.6 Å². The summed E-state index contributed by atoms with van der Waals surface area (Å²) in [4.78, 5) is 45.7. The first-order chi connectivity index (χ1) is 41.8. The summed E-state index contributed by atoms with van der Waals surface area (Å²) in [5.74, 6) is -1.50. The van der Waals surface area contributed by atoms with Crippen LogP contribution in [-0.4, -0.2) is 92.6 Å². The van der Waals surface area contributed by atoms with Gasteiger partial charge in [-0.15, -0.1) is 83.7 Å². The molecule has 0 aromatic heterocycles. The van der Waals surface area contributed by atoms with Crippen molar-refractivity contribution in [1.29, 1.82) is 15.8 Å². The van der Waals surface area contributed by atoms with Crippen molar-refractivity contribution < 1.29 is 163 Å². The van der Waals surface area contributed by atoms with E-state index < -0.39 is 54.5 Å². The van der Waals surface area contributed by atoms with Crippen molar-refractivity contribution in [3.8, 4) is 12.1 Å². The SMILES string of the molecule is CC(=O)CBr.CC(=O)CSc1ccc(F)cc1.CC(O)(C#N)CSc1ccc(F)cc1.CC(O)(CSc1ccc(F)cc1)C(=O)Cl.CC(O)(CSc1ccc(F)cc1)C(=O)O.Fc1ccc(S)cc1.I.II.N#Cc1ccc(N)cc1C(F)(F)F.O=S(Cl)Cl.[C-]#N.[H+].[H-].[K+].[Na+]. The number of nitrogens with zero attached hydrogens (tertiary/aromatic N) is 3. The van der Waals surface area contributed by atoms with Gasteiger partial charge in [-0.1, -0.05) is 15.9 Å². The van der Waals surface area contributed by atoms with E-state index in [4.69, 9.17) is 49.0 Å². The largest absolute Gasteiger partial charge is 1.00 e. The van der Waals surface area contributed by atoms with Gasteiger partial charge in [-0.3, -0.25) is 14.4 Å². The molecule has 0 heterocycles. The first-order valence-electron chi connectivity index (χ1n) is 23.8. The van der Waals surface area contributed by atoms with Crippen molar-refractivity contribution in [2.75, 3.05) is 34.1 Å². The molecule has 0 saturated carbocycles. The fraction of sp³-hybridized carbons (Fsp3) is 0.246. The van der Waals surface area contributed by atoms with Crippen LogP contribution in [0.4, 0.5) is 40.8 Å². The van der Waals surface area contributed by atoms with Gasteiger partial charge in [0, 0.05) is 106 Å². The summed E-state index contributed by atoms with van der Waals surface area (Å²) in [5, 5.41) is 59.8. The van der Waals surface area contributed by atoms with Crippen LogP contribution in [0.5, 0.6) is 0 Å². The smallest absolute Gasteiger partial charge is 1.00 e. The normalized spacial score (nSPS) is 11.4. The fourth-order valence-electron chi connectivity index (χ4n) is 4.47. The number of thiol groups is 1. The fourth-order valence-corrected chi connectivity index (χ4v) is 8.11. The van der Waals surface area contributed by atoms with E-state index in [1.807, 2.05) is 0 Å². The molecule has 0 radical (unpaired) electrons. The van der Waals surface area contributed by atoms with Gasteiger partial charge in [0.05, 0.1) is 34.3 Å². The van der Waals surface area contributed by atoms with Gasteiger partial charge in [-0.05, 0) is 186 Å². The number of anilines is 1. The molecule has 3 atom stereocenters. The quantitative estimate of drug-likeness (QED) is 0.00533. The second-order valence-electron chi connectivity index (χ2n) is 17.1. The van der Waals surface area contributed by atoms with Gasteiger partial charge in [0.1, 0.15) is 46.3 Å². The Labute approximate surface area is 690 Å². The van der Waals surface area contributed by atoms with E-state index in [9.17, 15) is 69.6 Å². The van der Waals surface area contributed by atoms with Gasteiger partial charge in [0.2, 0.25) is 9.23 Å². The summed E-state index contributed by atoms with van der Waals surface area (Å²) in [6, 6.07) is 35.8. The molecule has 0 aliphatic rings. The number of rotatable bonds is 15. The summed E-state index contributed by atoms with van der Waals surface area (Å²) in [5.41, 5.74) is -0.898. The van der Waals surface area contributed by atoms with Crippen molar-refractivity contribution in [3.63, 3.8) is 0 Å². The van der Waals surface area contributed by atoms with Gasteiger partial charge in [-0.2, -0.15) is 23.7 Å². The first-order valence-corrected chi connectivity index (χ1v) is 38.8. The maximum atomic E-state index is 12.6. The Bertz CT molecular complexity index is 3130. The minimum Gasteiger partial charge on any atom is -1.00 e. The second kappa shape index (κ2) is 60.2. The maximum absolute atomic E-state index is 12.6. The van der Waals surface area contributed by atoms with E-state index in [0.29, 0.717) is 11.1 Å². The zero-order valence-corrected chi connectivity index (χ0v) is 70.4. The molecule has 93 heavy (non-hydrogen) atoms. The van der Waals surface area contributed by atoms with Gasteiger partial charge >= 0.3 is 94.5 Å². The average Bonchev–Trinajstić information content (AvgIpc) is 0.862. The second-order valence-corrected chi connectivity index (χ2v) is 25.2. The van der Waals surface area contributed by atoms with Crippen LogP contribution in [0.15, 0.2) is 164 Å². The molecule has 36 heteroatoms. The zero-order chi connectivity index (χ0) is 70.4. The summed E-state index contributed by atoms with van der Waals surface area (Å²) >= 11 is 21.5. The monoisotopic (exact) mass is 1910 g/mol. The topological polar surface area (TPSA) is 264 Å². The number of Topliss-reactive ketones (excluding diaryl/α,β-unsaturated/α-hetero) is 2. The van der Waals surface area contributed by atoms with Crippen molar-refractivity contribution in [3.05, 3.63) is 186 Å². The van der Waals surface area contributed by atoms with Crippen molar-refractivity contribution in [1.82, 2.24) is 0 Å². The number of ketones is 2. The van der Waals surface area contributed by atoms with E-state index >= 15 is 0 Å². The minimum atomic E-state index is -4.53. The molecule has 6 rings (SSSR count). The molecule has 6 aromatic rings. The molecular weight excluding hydrogens is 1860 g/mol. The average molecular weight is 1920 g/mol. The molecule has 0 aliphatic carbocycles. The number of carbonyl (C=O) groups is 4. The van der Waals surface area contributed by atoms with Crippen LogP contribution in [0.1, 0.15) is 48.6 Å². The maximum Gasteiger partial charge on any atom is 1.00 e. The van der Waals surface area contributed by atoms with E-state index in [1.54, 1.807) is 54.6 Å². The van der Waals surface area contributed by atoms with Crippen LogP contribution in [0, 0.1) is 63.6 Å². The van der Waals surface area contributed by atoms with Crippen LogP contribution in [0.2, 0.25) is 0 Å². The number of nitrogens with two attached hydrogens (primary N) is 1. The van der Waals surface area contributed by atoms with E-state index in [1.165, 1.54) is 167 Å². The van der Waals surface area contributed by atoms with E-state index in [-0.39, 0.29) is 171 Å². The molecule has 0 saturated heterocycles. The number of aliphatic carboxylic acids is 1. The minimum absolute atomic E-state index is 0. The molecule has 0 fully saturated rings. The predicted octanol–water partition coefficient (Wildman–Crippen LogP) is 11.9. The Morgan fingerprint density at radius 3 is 1.19 bits per heavy atom. The number of carbonyl (C=O) groups excluding carboxylic acids is 3. The van der Waals surface area contributed by atoms with Crippen LogP contribution in [-0.2, 0) is 34.6 Å². The first kappa shape index (κ1) is 106. The van der Waals surface area contributed by atoms with Gasteiger partial charge in [0.15, 0.2) is 11.2 Å². The number of nitriles is 2. The number of carboxylic acid groups (broad SMARTS) is 1. The van der Waals surface area contributed by atoms with Gasteiger partial charge in [-0.25, -0.2) is 31.0 Å². The number of hydrogen-bond acceptors (Lipinski definition) is 17. The molecule has 6 aromatic carbocycles. The number of benzene rings is 6. The molecule has 502 valence electrons. The predicted molar refractivity (Wildman–Crippen MR) is 384 cm³/mol. The molecular formula is C57H58BrCl3F8I3KN4NaO9S6+. The van der Waals surface area contributed by atoms with Crippen LogP contribution < -0.4 is 86.7 Å². The number of thioether (sulfide) groups is 4. The number of alkyl halides is 4. The van der Waals surface area contributed by atoms with Crippen LogP contribution in [0.25, 0.3) is 0 Å². The van der Waals surface area contributed by atoms with Crippen LogP contribution in [0.3, 0.4) is 0 Å². The third kappa shape index (κ3) is 60.0. The molecule has 0 spiro atoms. The molecule has 0 amide bonds. The summed E-state index contributed by atoms with van der Waals surface area (Å²) < 4.78 is 108. The number of hydrogen-bond donors (Lipinski definition) is 6. The summed E-state index contributed by atoms with van der Waals surface area (Å²) in [6.45, 7) is 11.8. The van der Waals surface area contributed by atoms with Crippen molar-refractivity contribution in [2.24, 2.45) is 0 Å². The number of aliphatic hydroxyl groups is 3. The Kier molecular flexibility index (Phi) is 68.6. The molecule has 6 N–H and O–H groups in total. The summed E-state index contributed by atoms with van der Waals surface area (Å²) in [7, 11) is 7.36. The Morgan fingerprint density at radius 2 is 0.946 bits per heavy atom. The molecule has 0 bridgehead atoms.